The number of H-pyrrole nitrogens is 1. The zero-order chi connectivity index (χ0) is 19.0. The number of rotatable bonds is 5. The molecule has 1 unspecified atom stereocenters. The van der Waals surface area contributed by atoms with Crippen LogP contribution in [-0.2, 0) is 17.9 Å². The number of carbonyl (C=O) groups excluding carboxylic acids is 1. The number of hydrogen-bond acceptors (Lipinski definition) is 5. The highest BCUT2D eigenvalue weighted by molar-refractivity contribution is 6.42. The molecule has 1 aliphatic rings. The minimum absolute atomic E-state index is 0.0209. The van der Waals surface area contributed by atoms with Gasteiger partial charge in [0.15, 0.2) is 5.52 Å². The second-order valence-corrected chi connectivity index (χ2v) is 7.19. The quantitative estimate of drug-likeness (QED) is 0.602. The molecular formula is C17H16Cl2N6O2. The number of aromatic nitrogens is 4. The standard InChI is InChI=1S/C17H16Cl2N6O2/c18-11-3-1-9(5-12(11)19)6-20-17-23-13-7-21-25(15(13)16(27)24-17)8-10-2-4-14(26)22-10/h1,3,5,7,10H,2,4,6,8H2,(H,22,26)(H2,20,23,24,27). The lowest BCUT2D eigenvalue weighted by molar-refractivity contribution is -0.119. The van der Waals surface area contributed by atoms with Crippen molar-refractivity contribution in [2.75, 3.05) is 5.32 Å². The number of aromatic amines is 1. The number of amides is 1. The first-order chi connectivity index (χ1) is 13.0. The average Bonchev–Trinajstić information content (AvgIpc) is 3.23. The Morgan fingerprint density at radius 1 is 1.26 bits per heavy atom. The number of nitrogens with zero attached hydrogens (tertiary/aromatic N) is 3. The Balaban J connectivity index is 1.52. The molecule has 0 spiro atoms. The maximum atomic E-state index is 12.5. The summed E-state index contributed by atoms with van der Waals surface area (Å²) >= 11 is 11.9. The molecule has 2 aromatic heterocycles. The van der Waals surface area contributed by atoms with E-state index in [1.54, 1.807) is 23.0 Å². The van der Waals surface area contributed by atoms with E-state index in [0.29, 0.717) is 46.5 Å². The Bertz CT molecular complexity index is 1080. The van der Waals surface area contributed by atoms with Crippen molar-refractivity contribution in [3.63, 3.8) is 0 Å². The van der Waals surface area contributed by atoms with Gasteiger partial charge >= 0.3 is 0 Å². The SMILES string of the molecule is O=C1CCC(Cn2ncc3nc(NCc4ccc(Cl)c(Cl)c4)[nH]c(=O)c32)N1. The van der Waals surface area contributed by atoms with Gasteiger partial charge in [-0.05, 0) is 24.1 Å². The monoisotopic (exact) mass is 406 g/mol. The number of fused-ring (bicyclic) bond motifs is 1. The maximum Gasteiger partial charge on any atom is 0.278 e. The van der Waals surface area contributed by atoms with E-state index in [2.05, 4.69) is 25.7 Å². The topological polar surface area (TPSA) is 105 Å². The predicted octanol–water partition coefficient (Wildman–Crippen LogP) is 2.32. The first-order valence-electron chi connectivity index (χ1n) is 8.42. The molecule has 3 N–H and O–H groups in total. The fourth-order valence-electron chi connectivity index (χ4n) is 3.09. The number of hydrogen-bond donors (Lipinski definition) is 3. The molecule has 4 rings (SSSR count). The van der Waals surface area contributed by atoms with Crippen molar-refractivity contribution in [3.05, 3.63) is 50.4 Å². The third kappa shape index (κ3) is 3.77. The minimum atomic E-state index is -0.293. The largest absolute Gasteiger partial charge is 0.352 e. The van der Waals surface area contributed by atoms with Gasteiger partial charge in [0.05, 0.1) is 22.8 Å². The van der Waals surface area contributed by atoms with Crippen LogP contribution in [-0.4, -0.2) is 31.7 Å². The van der Waals surface area contributed by atoms with Crippen molar-refractivity contribution in [2.24, 2.45) is 0 Å². The molecule has 1 atom stereocenters. The molecule has 0 saturated carbocycles. The van der Waals surface area contributed by atoms with Crippen LogP contribution in [0.25, 0.3) is 11.0 Å². The van der Waals surface area contributed by atoms with Crippen LogP contribution in [0.4, 0.5) is 5.95 Å². The Hall–Kier alpha value is -2.58. The first kappa shape index (κ1) is 17.8. The van der Waals surface area contributed by atoms with Crippen molar-refractivity contribution in [1.82, 2.24) is 25.1 Å². The molecule has 1 fully saturated rings. The number of nitrogens with one attached hydrogen (secondary N) is 3. The normalized spacial score (nSPS) is 16.7. The predicted molar refractivity (Wildman–Crippen MR) is 103 cm³/mol. The van der Waals surface area contributed by atoms with Crippen LogP contribution in [0, 0.1) is 0 Å². The van der Waals surface area contributed by atoms with E-state index in [0.717, 1.165) is 12.0 Å². The van der Waals surface area contributed by atoms with Crippen molar-refractivity contribution < 1.29 is 4.79 Å². The van der Waals surface area contributed by atoms with Gasteiger partial charge in [-0.25, -0.2) is 4.98 Å². The van der Waals surface area contributed by atoms with Gasteiger partial charge in [0.25, 0.3) is 5.56 Å². The summed E-state index contributed by atoms with van der Waals surface area (Å²) in [6.07, 6.45) is 2.78. The molecule has 0 bridgehead atoms. The molecule has 0 radical (unpaired) electrons. The van der Waals surface area contributed by atoms with E-state index in [1.807, 2.05) is 6.07 Å². The third-order valence-corrected chi connectivity index (χ3v) is 5.16. The molecule has 0 aliphatic carbocycles. The van der Waals surface area contributed by atoms with E-state index < -0.39 is 0 Å². The lowest BCUT2D eigenvalue weighted by atomic mass is 10.2. The highest BCUT2D eigenvalue weighted by Gasteiger charge is 2.22. The number of anilines is 1. The van der Waals surface area contributed by atoms with Crippen LogP contribution in [0.15, 0.2) is 29.2 Å². The molecule has 1 amide bonds. The number of carbonyl (C=O) groups is 1. The maximum absolute atomic E-state index is 12.5. The molecule has 10 heteroatoms. The summed E-state index contributed by atoms with van der Waals surface area (Å²) in [6.45, 7) is 0.865. The number of benzene rings is 1. The van der Waals surface area contributed by atoms with Crippen LogP contribution in [0.1, 0.15) is 18.4 Å². The second-order valence-electron chi connectivity index (χ2n) is 6.38. The third-order valence-electron chi connectivity index (χ3n) is 4.42. The Morgan fingerprint density at radius 2 is 2.11 bits per heavy atom. The summed E-state index contributed by atoms with van der Waals surface area (Å²) in [5.74, 6) is 0.365. The summed E-state index contributed by atoms with van der Waals surface area (Å²) in [4.78, 5) is 31.0. The van der Waals surface area contributed by atoms with Gasteiger partial charge in [0.2, 0.25) is 11.9 Å². The van der Waals surface area contributed by atoms with Crippen molar-refractivity contribution in [3.8, 4) is 0 Å². The van der Waals surface area contributed by atoms with E-state index >= 15 is 0 Å². The van der Waals surface area contributed by atoms with Gasteiger partial charge in [-0.3, -0.25) is 19.3 Å². The fourth-order valence-corrected chi connectivity index (χ4v) is 3.41. The summed E-state index contributed by atoms with van der Waals surface area (Å²) in [5.41, 5.74) is 1.48. The zero-order valence-corrected chi connectivity index (χ0v) is 15.6. The number of halogens is 2. The lowest BCUT2D eigenvalue weighted by Gasteiger charge is -2.10. The van der Waals surface area contributed by atoms with Gasteiger partial charge in [-0.1, -0.05) is 29.3 Å². The summed E-state index contributed by atoms with van der Waals surface area (Å²) < 4.78 is 1.58. The van der Waals surface area contributed by atoms with Gasteiger partial charge in [0, 0.05) is 19.0 Å². The van der Waals surface area contributed by atoms with Crippen LogP contribution in [0.2, 0.25) is 10.0 Å². The molecule has 3 heterocycles. The van der Waals surface area contributed by atoms with Crippen LogP contribution in [0.3, 0.4) is 0 Å². The second kappa shape index (κ2) is 7.21. The van der Waals surface area contributed by atoms with Gasteiger partial charge in [0.1, 0.15) is 5.52 Å². The summed E-state index contributed by atoms with van der Waals surface area (Å²) in [7, 11) is 0. The average molecular weight is 407 g/mol. The molecule has 1 aliphatic heterocycles. The molecule has 8 nitrogen and oxygen atoms in total. The molecule has 1 saturated heterocycles. The van der Waals surface area contributed by atoms with E-state index in [1.165, 1.54) is 0 Å². The van der Waals surface area contributed by atoms with Gasteiger partial charge in [-0.15, -0.1) is 0 Å². The Kier molecular flexibility index (Phi) is 4.75. The smallest absolute Gasteiger partial charge is 0.278 e. The van der Waals surface area contributed by atoms with Crippen molar-refractivity contribution in [2.45, 2.75) is 32.0 Å². The lowest BCUT2D eigenvalue weighted by Crippen LogP contribution is -2.30. The van der Waals surface area contributed by atoms with Gasteiger partial charge in [-0.2, -0.15) is 5.10 Å². The van der Waals surface area contributed by atoms with Crippen molar-refractivity contribution in [1.29, 1.82) is 0 Å². The summed E-state index contributed by atoms with van der Waals surface area (Å²) in [6, 6.07) is 5.28. The van der Waals surface area contributed by atoms with E-state index in [4.69, 9.17) is 23.2 Å². The summed E-state index contributed by atoms with van der Waals surface area (Å²) in [5, 5.41) is 11.1. The first-order valence-corrected chi connectivity index (χ1v) is 9.18. The molecule has 140 valence electrons. The highest BCUT2D eigenvalue weighted by atomic mass is 35.5. The highest BCUT2D eigenvalue weighted by Crippen LogP contribution is 2.23. The van der Waals surface area contributed by atoms with Crippen LogP contribution in [0.5, 0.6) is 0 Å². The van der Waals surface area contributed by atoms with Crippen LogP contribution >= 0.6 is 23.2 Å². The Morgan fingerprint density at radius 3 is 2.85 bits per heavy atom. The van der Waals surface area contributed by atoms with Gasteiger partial charge < -0.3 is 10.6 Å². The zero-order valence-electron chi connectivity index (χ0n) is 14.1. The minimum Gasteiger partial charge on any atom is -0.352 e. The molecule has 1 aromatic carbocycles. The molecule has 27 heavy (non-hydrogen) atoms. The van der Waals surface area contributed by atoms with Crippen molar-refractivity contribution >= 4 is 46.1 Å². The fraction of sp³-hybridized carbons (Fsp3) is 0.294. The Labute approximate surface area is 163 Å². The van der Waals surface area contributed by atoms with Crippen LogP contribution < -0.4 is 16.2 Å². The van der Waals surface area contributed by atoms with E-state index in [-0.39, 0.29) is 17.5 Å². The van der Waals surface area contributed by atoms with E-state index in [9.17, 15) is 9.59 Å². The molecular weight excluding hydrogens is 391 g/mol. The molecule has 3 aromatic rings.